The lowest BCUT2D eigenvalue weighted by Gasteiger charge is -2.37. The first-order valence-electron chi connectivity index (χ1n) is 7.21. The normalized spacial score (nSPS) is 19.6. The third kappa shape index (κ3) is 3.73. The first-order chi connectivity index (χ1) is 10.2. The minimum atomic E-state index is -2.68. The molecule has 124 valence electrons. The summed E-state index contributed by atoms with van der Waals surface area (Å²) in [4.78, 5) is 13.8. The van der Waals surface area contributed by atoms with E-state index in [1.54, 1.807) is 27.8 Å². The maximum absolute atomic E-state index is 13.2. The predicted molar refractivity (Wildman–Crippen MR) is 76.7 cm³/mol. The Bertz CT molecular complexity index is 539. The van der Waals surface area contributed by atoms with Gasteiger partial charge in [0.25, 0.3) is 6.43 Å². The second-order valence-corrected chi connectivity index (χ2v) is 6.34. The number of ether oxygens (including phenoxy) is 1. The Morgan fingerprint density at radius 1 is 1.50 bits per heavy atom. The summed E-state index contributed by atoms with van der Waals surface area (Å²) in [5.41, 5.74) is -0.562. The van der Waals surface area contributed by atoms with E-state index in [1.807, 2.05) is 0 Å². The Labute approximate surface area is 128 Å². The van der Waals surface area contributed by atoms with Gasteiger partial charge < -0.3 is 10.1 Å². The lowest BCUT2D eigenvalue weighted by Crippen LogP contribution is -2.50. The smallest absolute Gasteiger partial charge is 0.410 e. The van der Waals surface area contributed by atoms with E-state index >= 15 is 0 Å². The minimum Gasteiger partial charge on any atom is -0.444 e. The van der Waals surface area contributed by atoms with Gasteiger partial charge >= 0.3 is 6.09 Å². The van der Waals surface area contributed by atoms with Crippen LogP contribution in [0.1, 0.15) is 44.5 Å². The van der Waals surface area contributed by atoms with E-state index < -0.39 is 24.2 Å². The van der Waals surface area contributed by atoms with Crippen molar-refractivity contribution in [3.05, 3.63) is 17.5 Å². The molecule has 1 amide bonds. The first-order valence-corrected chi connectivity index (χ1v) is 7.21. The molecule has 22 heavy (non-hydrogen) atoms. The summed E-state index contributed by atoms with van der Waals surface area (Å²) in [5.74, 6) is 0. The first kappa shape index (κ1) is 16.7. The highest BCUT2D eigenvalue weighted by molar-refractivity contribution is 5.69. The van der Waals surface area contributed by atoms with Crippen molar-refractivity contribution < 1.29 is 18.3 Å². The minimum absolute atomic E-state index is 0.287. The van der Waals surface area contributed by atoms with Crippen molar-refractivity contribution in [1.29, 1.82) is 0 Å². The molecule has 6 nitrogen and oxygen atoms in total. The fourth-order valence-corrected chi connectivity index (χ4v) is 2.47. The number of carbonyl (C=O) groups excluding carboxylic acids is 1. The average Bonchev–Trinajstić information content (AvgIpc) is 2.79. The topological polar surface area (TPSA) is 59.4 Å². The summed E-state index contributed by atoms with van der Waals surface area (Å²) >= 11 is 0. The second kappa shape index (κ2) is 6.20. The molecule has 1 N–H and O–H groups in total. The molecule has 1 aliphatic heterocycles. The third-order valence-corrected chi connectivity index (χ3v) is 3.32. The lowest BCUT2D eigenvalue weighted by atomic mass is 10.0. The van der Waals surface area contributed by atoms with Gasteiger partial charge in [-0.25, -0.2) is 13.6 Å². The van der Waals surface area contributed by atoms with Crippen LogP contribution in [0.5, 0.6) is 0 Å². The van der Waals surface area contributed by atoms with Crippen LogP contribution in [0, 0.1) is 0 Å². The van der Waals surface area contributed by atoms with E-state index in [1.165, 1.54) is 15.8 Å². The number of hydrogen-bond donors (Lipinski definition) is 1. The fraction of sp³-hybridized carbons (Fsp3) is 0.714. The van der Waals surface area contributed by atoms with Crippen molar-refractivity contribution in [2.24, 2.45) is 7.05 Å². The Kier molecular flexibility index (Phi) is 4.69. The molecule has 0 saturated carbocycles. The zero-order chi connectivity index (χ0) is 16.5. The number of carbonyl (C=O) groups is 1. The fourth-order valence-electron chi connectivity index (χ4n) is 2.47. The molecule has 1 aliphatic rings. The van der Waals surface area contributed by atoms with Gasteiger partial charge in [-0.3, -0.25) is 9.58 Å². The summed E-state index contributed by atoms with van der Waals surface area (Å²) in [6.45, 7) is 6.71. The molecule has 2 rings (SSSR count). The summed E-state index contributed by atoms with van der Waals surface area (Å²) < 4.78 is 33.1. The quantitative estimate of drug-likeness (QED) is 0.909. The van der Waals surface area contributed by atoms with E-state index in [4.69, 9.17) is 4.74 Å². The van der Waals surface area contributed by atoms with Crippen LogP contribution in [0.3, 0.4) is 0 Å². The molecule has 1 fully saturated rings. The summed E-state index contributed by atoms with van der Waals surface area (Å²) in [7, 11) is 1.59. The summed E-state index contributed by atoms with van der Waals surface area (Å²) in [6, 6.07) is -0.513. The zero-order valence-corrected chi connectivity index (χ0v) is 13.3. The number of nitrogens with zero attached hydrogens (tertiary/aromatic N) is 3. The van der Waals surface area contributed by atoms with Gasteiger partial charge in [-0.05, 0) is 20.8 Å². The van der Waals surface area contributed by atoms with E-state index in [0.29, 0.717) is 25.2 Å². The molecule has 0 aromatic carbocycles. The van der Waals surface area contributed by atoms with Crippen molar-refractivity contribution in [1.82, 2.24) is 20.0 Å². The molecule has 2 heterocycles. The van der Waals surface area contributed by atoms with Crippen LogP contribution in [0.2, 0.25) is 0 Å². The molecule has 1 unspecified atom stereocenters. The highest BCUT2D eigenvalue weighted by Crippen LogP contribution is 2.31. The molecular formula is C14H22F2N4O2. The van der Waals surface area contributed by atoms with Crippen LogP contribution in [-0.4, -0.2) is 46.0 Å². The van der Waals surface area contributed by atoms with Gasteiger partial charge in [-0.15, -0.1) is 0 Å². The van der Waals surface area contributed by atoms with Crippen LogP contribution in [0.4, 0.5) is 13.6 Å². The molecule has 1 aromatic heterocycles. The number of aryl methyl sites for hydroxylation is 1. The van der Waals surface area contributed by atoms with Crippen molar-refractivity contribution in [3.63, 3.8) is 0 Å². The molecule has 0 aliphatic carbocycles. The molecule has 0 spiro atoms. The molecule has 0 bridgehead atoms. The molecule has 0 radical (unpaired) electrons. The lowest BCUT2D eigenvalue weighted by molar-refractivity contribution is 0.0112. The number of rotatable bonds is 2. The van der Waals surface area contributed by atoms with Crippen molar-refractivity contribution in [2.75, 3.05) is 19.6 Å². The van der Waals surface area contributed by atoms with Gasteiger partial charge in [-0.1, -0.05) is 0 Å². The van der Waals surface area contributed by atoms with E-state index in [0.717, 1.165) is 0 Å². The highest BCUT2D eigenvalue weighted by atomic mass is 19.3. The SMILES string of the molecule is Cn1cc(C2CNCCN2C(=O)OC(C)(C)C)c(C(F)F)n1. The largest absolute Gasteiger partial charge is 0.444 e. The number of halogens is 2. The predicted octanol–water partition coefficient (Wildman–Crippen LogP) is 2.24. The Morgan fingerprint density at radius 3 is 2.77 bits per heavy atom. The monoisotopic (exact) mass is 316 g/mol. The van der Waals surface area contributed by atoms with Crippen molar-refractivity contribution in [2.45, 2.75) is 38.8 Å². The van der Waals surface area contributed by atoms with Crippen LogP contribution in [0.15, 0.2) is 6.20 Å². The van der Waals surface area contributed by atoms with Crippen molar-refractivity contribution >= 4 is 6.09 Å². The Hall–Kier alpha value is -1.70. The Morgan fingerprint density at radius 2 is 2.18 bits per heavy atom. The van der Waals surface area contributed by atoms with Gasteiger partial charge in [0, 0.05) is 38.4 Å². The second-order valence-electron chi connectivity index (χ2n) is 6.34. The number of aromatic nitrogens is 2. The zero-order valence-electron chi connectivity index (χ0n) is 13.3. The molecular weight excluding hydrogens is 294 g/mol. The van der Waals surface area contributed by atoms with E-state index in [9.17, 15) is 13.6 Å². The van der Waals surface area contributed by atoms with Gasteiger partial charge in [-0.2, -0.15) is 5.10 Å². The number of piperazine rings is 1. The molecule has 1 saturated heterocycles. The highest BCUT2D eigenvalue weighted by Gasteiger charge is 2.35. The van der Waals surface area contributed by atoms with Gasteiger partial charge in [0.2, 0.25) is 0 Å². The van der Waals surface area contributed by atoms with E-state index in [-0.39, 0.29) is 5.69 Å². The summed E-state index contributed by atoms with van der Waals surface area (Å²) in [5, 5.41) is 6.94. The van der Waals surface area contributed by atoms with Crippen LogP contribution >= 0.6 is 0 Å². The van der Waals surface area contributed by atoms with Gasteiger partial charge in [0.1, 0.15) is 11.3 Å². The maximum Gasteiger partial charge on any atom is 0.410 e. The number of amides is 1. The van der Waals surface area contributed by atoms with Gasteiger partial charge in [0.05, 0.1) is 6.04 Å². The molecule has 1 aromatic rings. The van der Waals surface area contributed by atoms with E-state index in [2.05, 4.69) is 10.4 Å². The average molecular weight is 316 g/mol. The standard InChI is InChI=1S/C14H22F2N4O2/c1-14(2,3)22-13(21)20-6-5-17-7-10(20)9-8-19(4)18-11(9)12(15)16/h8,10,12,17H,5-7H2,1-4H3. The third-order valence-electron chi connectivity index (χ3n) is 3.32. The van der Waals surface area contributed by atoms with Gasteiger partial charge in [0.15, 0.2) is 0 Å². The Balaban J connectivity index is 2.29. The van der Waals surface area contributed by atoms with Crippen LogP contribution in [-0.2, 0) is 11.8 Å². The number of hydrogen-bond acceptors (Lipinski definition) is 4. The van der Waals surface area contributed by atoms with Crippen molar-refractivity contribution in [3.8, 4) is 0 Å². The molecule has 8 heteroatoms. The maximum atomic E-state index is 13.2. The summed E-state index contributed by atoms with van der Waals surface area (Å²) in [6.07, 6.45) is -1.64. The molecule has 1 atom stereocenters. The number of nitrogens with one attached hydrogen (secondary N) is 1. The van der Waals surface area contributed by atoms with Crippen LogP contribution < -0.4 is 5.32 Å². The van der Waals surface area contributed by atoms with Crippen LogP contribution in [0.25, 0.3) is 0 Å². The number of alkyl halides is 2.